The van der Waals surface area contributed by atoms with Crippen LogP contribution in [0.2, 0.25) is 0 Å². The third kappa shape index (κ3) is 11.8. The summed E-state index contributed by atoms with van der Waals surface area (Å²) in [6, 6.07) is 11.0. The highest BCUT2D eigenvalue weighted by atomic mass is 16.3. The van der Waals surface area contributed by atoms with Crippen LogP contribution in [0.25, 0.3) is 0 Å². The molecule has 0 aromatic heterocycles. The Morgan fingerprint density at radius 3 is 1.90 bits per heavy atom. The molecular weight excluding hydrogens is 542 g/mol. The molecule has 4 atom stereocenters. The maximum absolute atomic E-state index is 13.5. The lowest BCUT2D eigenvalue weighted by atomic mass is 10.0. The van der Waals surface area contributed by atoms with Gasteiger partial charge in [-0.25, -0.2) is 0 Å². The van der Waals surface area contributed by atoms with Crippen LogP contribution in [0.4, 0.5) is 0 Å². The molecule has 2 aromatic rings. The fourth-order valence-electron chi connectivity index (χ4n) is 4.09. The zero-order valence-electron chi connectivity index (χ0n) is 23.4. The second kappa shape index (κ2) is 17.2. The van der Waals surface area contributed by atoms with Gasteiger partial charge in [-0.15, -0.1) is 0 Å². The van der Waals surface area contributed by atoms with E-state index in [2.05, 4.69) is 20.9 Å². The van der Waals surface area contributed by atoms with Crippen molar-refractivity contribution in [3.8, 4) is 5.75 Å². The summed E-state index contributed by atoms with van der Waals surface area (Å²) in [6.07, 6.45) is 0.844. The van der Waals surface area contributed by atoms with E-state index < -0.39 is 47.8 Å². The van der Waals surface area contributed by atoms with Crippen LogP contribution in [0.15, 0.2) is 59.6 Å². The van der Waals surface area contributed by atoms with Crippen molar-refractivity contribution < 1.29 is 24.3 Å². The van der Waals surface area contributed by atoms with Crippen LogP contribution in [-0.2, 0) is 32.0 Å². The lowest BCUT2D eigenvalue weighted by Crippen LogP contribution is -2.58. The molecule has 0 aliphatic carbocycles. The molecule has 0 saturated heterocycles. The SMILES string of the molecule is NCC[C@H](NC(=O)[C@H](Cc1ccccc1)NC(=O)[C@@H](CCCN=C(N)N)NC(=O)[C@@H](N)Cc1ccc(O)cc1)C(N)=O. The number of amides is 4. The average molecular weight is 584 g/mol. The molecule has 14 nitrogen and oxygen atoms in total. The van der Waals surface area contributed by atoms with Gasteiger partial charge in [-0.3, -0.25) is 24.2 Å². The van der Waals surface area contributed by atoms with Crippen LogP contribution in [0.3, 0.4) is 0 Å². The fourth-order valence-corrected chi connectivity index (χ4v) is 4.09. The Morgan fingerprint density at radius 1 is 0.738 bits per heavy atom. The molecule has 14 N–H and O–H groups in total. The first-order valence-electron chi connectivity index (χ1n) is 13.5. The summed E-state index contributed by atoms with van der Waals surface area (Å²) >= 11 is 0. The second-order valence-electron chi connectivity index (χ2n) is 9.78. The number of nitrogens with two attached hydrogens (primary N) is 5. The third-order valence-corrected chi connectivity index (χ3v) is 6.34. The summed E-state index contributed by atoms with van der Waals surface area (Å²) in [5.74, 6) is -2.67. The van der Waals surface area contributed by atoms with E-state index in [1.165, 1.54) is 12.1 Å². The van der Waals surface area contributed by atoms with Crippen LogP contribution in [0, 0.1) is 0 Å². The fraction of sp³-hybridized carbons (Fsp3) is 0.393. The lowest BCUT2D eigenvalue weighted by Gasteiger charge is -2.25. The predicted molar refractivity (Wildman–Crippen MR) is 159 cm³/mol. The number of phenols is 1. The van der Waals surface area contributed by atoms with E-state index in [0.717, 1.165) is 5.56 Å². The number of rotatable bonds is 17. The maximum Gasteiger partial charge on any atom is 0.243 e. The highest BCUT2D eigenvalue weighted by Gasteiger charge is 2.30. The summed E-state index contributed by atoms with van der Waals surface area (Å²) in [5.41, 5.74) is 29.3. The van der Waals surface area contributed by atoms with Crippen LogP contribution in [0.1, 0.15) is 30.4 Å². The van der Waals surface area contributed by atoms with Crippen molar-refractivity contribution >= 4 is 29.6 Å². The van der Waals surface area contributed by atoms with Gasteiger partial charge in [0.15, 0.2) is 5.96 Å². The topological polar surface area (TPSA) is 267 Å². The molecule has 0 unspecified atom stereocenters. The van der Waals surface area contributed by atoms with Crippen molar-refractivity contribution in [3.05, 3.63) is 65.7 Å². The predicted octanol–water partition coefficient (Wildman–Crippen LogP) is -2.15. The van der Waals surface area contributed by atoms with Gasteiger partial charge in [0.05, 0.1) is 6.04 Å². The lowest BCUT2D eigenvalue weighted by molar-refractivity contribution is -0.133. The van der Waals surface area contributed by atoms with Crippen LogP contribution >= 0.6 is 0 Å². The van der Waals surface area contributed by atoms with Crippen molar-refractivity contribution in [1.82, 2.24) is 16.0 Å². The van der Waals surface area contributed by atoms with E-state index in [0.29, 0.717) is 12.0 Å². The van der Waals surface area contributed by atoms with Gasteiger partial charge in [-0.05, 0) is 55.5 Å². The smallest absolute Gasteiger partial charge is 0.243 e. The minimum absolute atomic E-state index is 0.0774. The molecule has 42 heavy (non-hydrogen) atoms. The number of carbonyl (C=O) groups excluding carboxylic acids is 4. The van der Waals surface area contributed by atoms with E-state index in [9.17, 15) is 24.3 Å². The molecule has 4 amide bonds. The van der Waals surface area contributed by atoms with E-state index >= 15 is 0 Å². The van der Waals surface area contributed by atoms with Crippen molar-refractivity contribution in [3.63, 3.8) is 0 Å². The second-order valence-corrected chi connectivity index (χ2v) is 9.78. The van der Waals surface area contributed by atoms with E-state index in [1.807, 2.05) is 6.07 Å². The van der Waals surface area contributed by atoms with Crippen LogP contribution in [0.5, 0.6) is 5.75 Å². The zero-order valence-corrected chi connectivity index (χ0v) is 23.4. The number of benzene rings is 2. The molecule has 0 aliphatic heterocycles. The number of hydrogen-bond acceptors (Lipinski definition) is 8. The Balaban J connectivity index is 2.22. The molecule has 0 aliphatic rings. The van der Waals surface area contributed by atoms with Gasteiger partial charge in [0, 0.05) is 13.0 Å². The molecule has 0 bridgehead atoms. The number of guanidine groups is 1. The Kier molecular flexibility index (Phi) is 13.7. The molecule has 228 valence electrons. The number of primary amides is 1. The molecule has 0 spiro atoms. The molecular formula is C28H41N9O5. The van der Waals surface area contributed by atoms with Gasteiger partial charge in [-0.1, -0.05) is 42.5 Å². The minimum atomic E-state index is -1.11. The Morgan fingerprint density at radius 2 is 1.31 bits per heavy atom. The number of nitrogens with one attached hydrogen (secondary N) is 3. The van der Waals surface area contributed by atoms with Crippen molar-refractivity contribution in [2.45, 2.75) is 56.3 Å². The van der Waals surface area contributed by atoms with Gasteiger partial charge in [-0.2, -0.15) is 0 Å². The summed E-state index contributed by atoms with van der Waals surface area (Å²) in [5, 5.41) is 17.4. The zero-order chi connectivity index (χ0) is 31.1. The van der Waals surface area contributed by atoms with Crippen molar-refractivity contribution in [2.24, 2.45) is 33.7 Å². The minimum Gasteiger partial charge on any atom is -0.508 e. The normalized spacial score (nSPS) is 13.6. The summed E-state index contributed by atoms with van der Waals surface area (Å²) < 4.78 is 0. The third-order valence-electron chi connectivity index (χ3n) is 6.34. The first-order chi connectivity index (χ1) is 20.0. The largest absolute Gasteiger partial charge is 0.508 e. The van der Waals surface area contributed by atoms with Crippen molar-refractivity contribution in [2.75, 3.05) is 13.1 Å². The molecule has 0 radical (unpaired) electrons. The summed E-state index contributed by atoms with van der Waals surface area (Å²) in [7, 11) is 0. The van der Waals surface area contributed by atoms with Crippen molar-refractivity contribution in [1.29, 1.82) is 0 Å². The Hall–Kier alpha value is -4.69. The first-order valence-corrected chi connectivity index (χ1v) is 13.5. The molecule has 14 heteroatoms. The number of nitrogens with zero attached hydrogens (tertiary/aromatic N) is 1. The number of carbonyl (C=O) groups is 4. The highest BCUT2D eigenvalue weighted by Crippen LogP contribution is 2.11. The Bertz CT molecular complexity index is 1200. The number of phenolic OH excluding ortho intramolecular Hbond substituents is 1. The summed E-state index contributed by atoms with van der Waals surface area (Å²) in [6.45, 7) is 0.312. The number of aromatic hydroxyl groups is 1. The van der Waals surface area contributed by atoms with Crippen LogP contribution in [-0.4, -0.2) is 72.0 Å². The van der Waals surface area contributed by atoms with E-state index in [1.54, 1.807) is 36.4 Å². The maximum atomic E-state index is 13.5. The molecule has 2 rings (SSSR count). The van der Waals surface area contributed by atoms with Gasteiger partial charge < -0.3 is 49.7 Å². The highest BCUT2D eigenvalue weighted by molar-refractivity contribution is 5.94. The monoisotopic (exact) mass is 583 g/mol. The average Bonchev–Trinajstić information content (AvgIpc) is 2.95. The standard InChI is InChI=1S/C28H41N9O5/c29-13-12-21(24(31)39)35-27(42)23(16-17-5-2-1-3-6-17)37-26(41)22(7-4-14-34-28(32)33)36-25(40)20(30)15-18-8-10-19(38)11-9-18/h1-3,5-6,8-11,20-23,38H,4,7,12-16,29-30H2,(H2,31,39)(H,35,42)(H,36,40)(H,37,41)(H4,32,33,34)/t20-,21-,22+,23-/m0/s1. The molecule has 0 heterocycles. The first kappa shape index (κ1) is 33.5. The quantitative estimate of drug-likeness (QED) is 0.0557. The summed E-state index contributed by atoms with van der Waals surface area (Å²) in [4.78, 5) is 55.5. The Labute approximate surface area is 244 Å². The van der Waals surface area contributed by atoms with Crippen LogP contribution < -0.4 is 44.6 Å². The van der Waals surface area contributed by atoms with Gasteiger partial charge in [0.25, 0.3) is 0 Å². The van der Waals surface area contributed by atoms with Gasteiger partial charge >= 0.3 is 0 Å². The number of hydrogen-bond donors (Lipinski definition) is 9. The number of aliphatic imine (C=N–C) groups is 1. The van der Waals surface area contributed by atoms with E-state index in [4.69, 9.17) is 28.7 Å². The van der Waals surface area contributed by atoms with Gasteiger partial charge in [0.2, 0.25) is 23.6 Å². The molecule has 2 aromatic carbocycles. The molecule has 0 fully saturated rings. The molecule has 0 saturated carbocycles. The van der Waals surface area contributed by atoms with E-state index in [-0.39, 0.29) is 50.5 Å². The van der Waals surface area contributed by atoms with Gasteiger partial charge in [0.1, 0.15) is 23.9 Å².